The van der Waals surface area contributed by atoms with Gasteiger partial charge in [0.2, 0.25) is 5.91 Å². The van der Waals surface area contributed by atoms with Crippen molar-refractivity contribution >= 4 is 5.91 Å². The topological polar surface area (TPSA) is 20.3 Å². The average molecular weight is 139 g/mol. The molecule has 2 fully saturated rings. The molecule has 0 saturated carbocycles. The average Bonchev–Trinajstić information content (AvgIpc) is 2.35. The summed E-state index contributed by atoms with van der Waals surface area (Å²) in [6.07, 6.45) is 3.16. The van der Waals surface area contributed by atoms with Crippen molar-refractivity contribution in [2.75, 3.05) is 6.54 Å². The summed E-state index contributed by atoms with van der Waals surface area (Å²) in [5.41, 5.74) is 0. The Bertz CT molecular complexity index is 167. The summed E-state index contributed by atoms with van der Waals surface area (Å²) < 4.78 is 0. The van der Waals surface area contributed by atoms with Crippen molar-refractivity contribution in [3.63, 3.8) is 0 Å². The molecule has 0 bridgehead atoms. The maximum Gasteiger partial charge on any atom is 0.222 e. The van der Waals surface area contributed by atoms with Gasteiger partial charge in [-0.2, -0.15) is 0 Å². The number of rotatable bonds is 0. The van der Waals surface area contributed by atoms with Gasteiger partial charge in [0.1, 0.15) is 0 Å². The molecule has 56 valence electrons. The van der Waals surface area contributed by atoms with Crippen LogP contribution >= 0.6 is 0 Å². The molecule has 1 amide bonds. The van der Waals surface area contributed by atoms with Crippen LogP contribution in [0.25, 0.3) is 0 Å². The highest BCUT2D eigenvalue weighted by Crippen LogP contribution is 2.31. The summed E-state index contributed by atoms with van der Waals surface area (Å²) in [6, 6.07) is 0.613. The molecule has 2 aliphatic heterocycles. The van der Waals surface area contributed by atoms with Crippen LogP contribution in [0, 0.1) is 5.92 Å². The molecule has 0 aromatic heterocycles. The van der Waals surface area contributed by atoms with Gasteiger partial charge < -0.3 is 4.90 Å². The highest BCUT2D eigenvalue weighted by molar-refractivity contribution is 5.79. The molecule has 2 heterocycles. The number of amides is 1. The third-order valence-corrected chi connectivity index (χ3v) is 2.64. The molecular formula is C8H13NO. The molecule has 2 saturated heterocycles. The fraction of sp³-hybridized carbons (Fsp3) is 0.875. The van der Waals surface area contributed by atoms with Crippen molar-refractivity contribution < 1.29 is 4.79 Å². The first-order valence-electron chi connectivity index (χ1n) is 4.07. The van der Waals surface area contributed by atoms with Gasteiger partial charge in [0, 0.05) is 19.0 Å². The van der Waals surface area contributed by atoms with Crippen molar-refractivity contribution in [3.05, 3.63) is 0 Å². The fourth-order valence-corrected chi connectivity index (χ4v) is 2.16. The van der Waals surface area contributed by atoms with Crippen molar-refractivity contribution in [3.8, 4) is 0 Å². The second-order valence-electron chi connectivity index (χ2n) is 3.58. The van der Waals surface area contributed by atoms with Crippen LogP contribution in [0.15, 0.2) is 0 Å². The summed E-state index contributed by atoms with van der Waals surface area (Å²) in [6.45, 7) is 3.25. The van der Waals surface area contributed by atoms with Crippen LogP contribution in [-0.2, 0) is 4.79 Å². The molecule has 0 aliphatic carbocycles. The molecule has 0 spiro atoms. The van der Waals surface area contributed by atoms with Gasteiger partial charge in [-0.15, -0.1) is 0 Å². The van der Waals surface area contributed by atoms with Gasteiger partial charge in [0.25, 0.3) is 0 Å². The van der Waals surface area contributed by atoms with Crippen LogP contribution in [0.4, 0.5) is 0 Å². The van der Waals surface area contributed by atoms with Crippen molar-refractivity contribution in [2.24, 2.45) is 5.92 Å². The maximum atomic E-state index is 11.1. The van der Waals surface area contributed by atoms with E-state index in [0.717, 1.165) is 25.3 Å². The van der Waals surface area contributed by atoms with Gasteiger partial charge in [-0.25, -0.2) is 0 Å². The van der Waals surface area contributed by atoms with E-state index in [1.54, 1.807) is 0 Å². The number of hydrogen-bond donors (Lipinski definition) is 0. The minimum atomic E-state index is 0.384. The molecule has 0 N–H and O–H groups in total. The van der Waals surface area contributed by atoms with E-state index in [1.807, 2.05) is 0 Å². The molecule has 2 atom stereocenters. The molecule has 0 aromatic carbocycles. The summed E-state index contributed by atoms with van der Waals surface area (Å²) in [4.78, 5) is 13.2. The predicted octanol–water partition coefficient (Wildman–Crippen LogP) is 1.02. The number of carbonyl (C=O) groups excluding carboxylic acids is 1. The normalized spacial score (nSPS) is 38.9. The highest BCUT2D eigenvalue weighted by atomic mass is 16.2. The second kappa shape index (κ2) is 1.97. The molecule has 2 rings (SSSR count). The standard InChI is InChI=1S/C8H13NO/c1-6-4-7-2-3-8(10)9(7)5-6/h6-7H,2-5H2,1H3. The minimum absolute atomic E-state index is 0.384. The first-order chi connectivity index (χ1) is 4.77. The van der Waals surface area contributed by atoms with Crippen LogP contribution in [-0.4, -0.2) is 23.4 Å². The molecule has 2 heteroatoms. The number of hydrogen-bond acceptors (Lipinski definition) is 1. The number of carbonyl (C=O) groups is 1. The summed E-state index contributed by atoms with van der Waals surface area (Å²) in [5.74, 6) is 1.13. The van der Waals surface area contributed by atoms with E-state index >= 15 is 0 Å². The van der Waals surface area contributed by atoms with E-state index < -0.39 is 0 Å². The predicted molar refractivity (Wildman–Crippen MR) is 38.5 cm³/mol. The Kier molecular flexibility index (Phi) is 1.22. The molecule has 10 heavy (non-hydrogen) atoms. The number of nitrogens with zero attached hydrogens (tertiary/aromatic N) is 1. The van der Waals surface area contributed by atoms with Gasteiger partial charge in [-0.1, -0.05) is 6.92 Å². The van der Waals surface area contributed by atoms with Crippen molar-refractivity contribution in [1.29, 1.82) is 0 Å². The SMILES string of the molecule is CC1CC2CCC(=O)N2C1. The Morgan fingerprint density at radius 1 is 1.60 bits per heavy atom. The molecular weight excluding hydrogens is 126 g/mol. The first kappa shape index (κ1) is 6.20. The number of fused-ring (bicyclic) bond motifs is 1. The van der Waals surface area contributed by atoms with Gasteiger partial charge >= 0.3 is 0 Å². The van der Waals surface area contributed by atoms with Crippen LogP contribution in [0.5, 0.6) is 0 Å². The van der Waals surface area contributed by atoms with Crippen LogP contribution in [0.1, 0.15) is 26.2 Å². The van der Waals surface area contributed by atoms with E-state index in [9.17, 15) is 4.79 Å². The van der Waals surface area contributed by atoms with Crippen molar-refractivity contribution in [1.82, 2.24) is 4.90 Å². The third kappa shape index (κ3) is 0.746. The third-order valence-electron chi connectivity index (χ3n) is 2.64. The zero-order valence-corrected chi connectivity index (χ0v) is 6.34. The molecule has 2 aliphatic rings. The van der Waals surface area contributed by atoms with Crippen LogP contribution < -0.4 is 0 Å². The Morgan fingerprint density at radius 3 is 3.10 bits per heavy atom. The van der Waals surface area contributed by atoms with Crippen LogP contribution in [0.3, 0.4) is 0 Å². The lowest BCUT2D eigenvalue weighted by atomic mass is 10.1. The fourth-order valence-electron chi connectivity index (χ4n) is 2.16. The Hall–Kier alpha value is -0.530. The quantitative estimate of drug-likeness (QED) is 0.490. The van der Waals surface area contributed by atoms with Gasteiger partial charge in [0.15, 0.2) is 0 Å². The van der Waals surface area contributed by atoms with Gasteiger partial charge in [0.05, 0.1) is 0 Å². The Morgan fingerprint density at radius 2 is 2.40 bits per heavy atom. The second-order valence-corrected chi connectivity index (χ2v) is 3.58. The lowest BCUT2D eigenvalue weighted by molar-refractivity contribution is -0.128. The highest BCUT2D eigenvalue weighted by Gasteiger charge is 2.37. The van der Waals surface area contributed by atoms with E-state index in [-0.39, 0.29) is 0 Å². The molecule has 0 aromatic rings. The monoisotopic (exact) mass is 139 g/mol. The van der Waals surface area contributed by atoms with Gasteiger partial charge in [-0.05, 0) is 18.8 Å². The van der Waals surface area contributed by atoms with Crippen molar-refractivity contribution in [2.45, 2.75) is 32.2 Å². The zero-order chi connectivity index (χ0) is 7.14. The van der Waals surface area contributed by atoms with E-state index in [2.05, 4.69) is 11.8 Å². The smallest absolute Gasteiger partial charge is 0.222 e. The van der Waals surface area contributed by atoms with Crippen LogP contribution in [0.2, 0.25) is 0 Å². The maximum absolute atomic E-state index is 11.1. The Balaban J connectivity index is 2.12. The van der Waals surface area contributed by atoms with E-state index in [0.29, 0.717) is 11.9 Å². The van der Waals surface area contributed by atoms with Gasteiger partial charge in [-0.3, -0.25) is 4.79 Å². The molecule has 2 nitrogen and oxygen atoms in total. The molecule has 2 unspecified atom stereocenters. The van der Waals surface area contributed by atoms with E-state index in [1.165, 1.54) is 6.42 Å². The van der Waals surface area contributed by atoms with E-state index in [4.69, 9.17) is 0 Å². The lowest BCUT2D eigenvalue weighted by Crippen LogP contribution is -2.27. The zero-order valence-electron chi connectivity index (χ0n) is 6.34. The first-order valence-corrected chi connectivity index (χ1v) is 4.07. The summed E-state index contributed by atoms with van der Waals surface area (Å²) in [7, 11) is 0. The largest absolute Gasteiger partial charge is 0.339 e. The summed E-state index contributed by atoms with van der Waals surface area (Å²) in [5, 5.41) is 0. The molecule has 0 radical (unpaired) electrons. The minimum Gasteiger partial charge on any atom is -0.339 e. The lowest BCUT2D eigenvalue weighted by Gasteiger charge is -2.13. The Labute approximate surface area is 61.2 Å². The summed E-state index contributed by atoms with van der Waals surface area (Å²) >= 11 is 0.